The minimum absolute atomic E-state index is 0.0871. The second-order valence-electron chi connectivity index (χ2n) is 5.98. The highest BCUT2D eigenvalue weighted by Gasteiger charge is 2.38. The Kier molecular flexibility index (Phi) is 4.88. The number of nitrogens with zero attached hydrogens (tertiary/aromatic N) is 1. The number of ether oxygens (including phenoxy) is 4. The number of benzene rings is 1. The molecule has 7 heteroatoms. The first-order valence-electron chi connectivity index (χ1n) is 8.16. The van der Waals surface area contributed by atoms with Crippen molar-refractivity contribution in [1.82, 2.24) is 5.43 Å². The number of rotatable bonds is 6. The smallest absolute Gasteiger partial charge is 0.209 e. The highest BCUT2D eigenvalue weighted by molar-refractivity contribution is 6.47. The molecule has 1 aliphatic carbocycles. The van der Waals surface area contributed by atoms with Gasteiger partial charge in [0.1, 0.15) is 11.5 Å². The molecule has 3 rings (SSSR count). The lowest BCUT2D eigenvalue weighted by Crippen LogP contribution is -2.34. The summed E-state index contributed by atoms with van der Waals surface area (Å²) in [5.74, 6) is 1.74. The van der Waals surface area contributed by atoms with Crippen LogP contribution in [0.1, 0.15) is 17.3 Å². The van der Waals surface area contributed by atoms with Crippen LogP contribution < -0.4 is 19.6 Å². The molecule has 0 bridgehead atoms. The van der Waals surface area contributed by atoms with E-state index in [2.05, 4.69) is 10.5 Å². The Balaban J connectivity index is 1.94. The molecule has 0 radical (unpaired) electrons. The standard InChI is InChI=1S/C19H22N2O5/c1-10-13(23-2)7-6-12-16(10)20-21-17(12)18(22)11-8-14(24-3)19(26-5)15(9-11)25-4/h6-9,12,16,20H,1-5H3. The van der Waals surface area contributed by atoms with Crippen LogP contribution in [0.2, 0.25) is 0 Å². The lowest BCUT2D eigenvalue weighted by molar-refractivity contribution is 0.106. The predicted octanol–water partition coefficient (Wildman–Crippen LogP) is 2.33. The second kappa shape index (κ2) is 7.11. The Morgan fingerprint density at radius 3 is 2.23 bits per heavy atom. The Morgan fingerprint density at radius 2 is 1.69 bits per heavy atom. The molecule has 0 spiro atoms. The fourth-order valence-corrected chi connectivity index (χ4v) is 3.29. The van der Waals surface area contributed by atoms with Gasteiger partial charge < -0.3 is 24.4 Å². The van der Waals surface area contributed by atoms with Crippen molar-refractivity contribution in [2.75, 3.05) is 28.4 Å². The summed E-state index contributed by atoms with van der Waals surface area (Å²) in [7, 11) is 6.18. The molecular weight excluding hydrogens is 336 g/mol. The molecule has 1 N–H and O–H groups in total. The molecule has 7 nitrogen and oxygen atoms in total. The van der Waals surface area contributed by atoms with E-state index in [-0.39, 0.29) is 17.7 Å². The summed E-state index contributed by atoms with van der Waals surface area (Å²) in [6.07, 6.45) is 3.81. The molecule has 0 saturated heterocycles. The fourth-order valence-electron chi connectivity index (χ4n) is 3.29. The van der Waals surface area contributed by atoms with Gasteiger partial charge in [0.15, 0.2) is 11.5 Å². The van der Waals surface area contributed by atoms with E-state index in [1.807, 2.05) is 19.1 Å². The summed E-state index contributed by atoms with van der Waals surface area (Å²) >= 11 is 0. The third-order valence-electron chi connectivity index (χ3n) is 4.69. The van der Waals surface area contributed by atoms with E-state index in [1.54, 1.807) is 19.2 Å². The summed E-state index contributed by atoms with van der Waals surface area (Å²) in [5, 5.41) is 4.29. The summed E-state index contributed by atoms with van der Waals surface area (Å²) in [4.78, 5) is 13.1. The van der Waals surface area contributed by atoms with Gasteiger partial charge in [-0.05, 0) is 30.7 Å². The van der Waals surface area contributed by atoms with E-state index in [9.17, 15) is 4.79 Å². The number of allylic oxidation sites excluding steroid dienone is 1. The lowest BCUT2D eigenvalue weighted by Gasteiger charge is -2.24. The maximum atomic E-state index is 13.1. The fraction of sp³-hybridized carbons (Fsp3) is 0.368. The van der Waals surface area contributed by atoms with Crippen molar-refractivity contribution < 1.29 is 23.7 Å². The van der Waals surface area contributed by atoms with E-state index in [0.29, 0.717) is 28.5 Å². The van der Waals surface area contributed by atoms with Gasteiger partial charge in [-0.25, -0.2) is 0 Å². The number of Topliss-reactive ketones (excluding diaryl/α,β-unsaturated/α-hetero) is 1. The molecule has 1 aromatic carbocycles. The predicted molar refractivity (Wildman–Crippen MR) is 97.1 cm³/mol. The van der Waals surface area contributed by atoms with Gasteiger partial charge in [-0.15, -0.1) is 0 Å². The van der Waals surface area contributed by atoms with E-state index >= 15 is 0 Å². The quantitative estimate of drug-likeness (QED) is 0.787. The van der Waals surface area contributed by atoms with Gasteiger partial charge in [0.2, 0.25) is 11.5 Å². The number of hydrogen-bond acceptors (Lipinski definition) is 7. The molecule has 0 amide bonds. The molecule has 138 valence electrons. The third-order valence-corrected chi connectivity index (χ3v) is 4.69. The van der Waals surface area contributed by atoms with E-state index in [0.717, 1.165) is 11.3 Å². The van der Waals surface area contributed by atoms with Gasteiger partial charge >= 0.3 is 0 Å². The van der Waals surface area contributed by atoms with Gasteiger partial charge in [-0.3, -0.25) is 4.79 Å². The number of fused-ring (bicyclic) bond motifs is 1. The zero-order valence-electron chi connectivity index (χ0n) is 15.5. The Morgan fingerprint density at radius 1 is 1.04 bits per heavy atom. The zero-order valence-corrected chi connectivity index (χ0v) is 15.5. The van der Waals surface area contributed by atoms with Gasteiger partial charge in [0.05, 0.1) is 40.4 Å². The zero-order chi connectivity index (χ0) is 18.8. The first-order chi connectivity index (χ1) is 12.5. The molecule has 26 heavy (non-hydrogen) atoms. The van der Waals surface area contributed by atoms with Crippen molar-refractivity contribution in [3.8, 4) is 17.2 Å². The average molecular weight is 358 g/mol. The Bertz CT molecular complexity index is 800. The molecule has 1 heterocycles. The minimum Gasteiger partial charge on any atom is -0.497 e. The molecule has 0 aromatic heterocycles. The van der Waals surface area contributed by atoms with Crippen molar-refractivity contribution in [3.63, 3.8) is 0 Å². The Labute approximate surface area is 152 Å². The number of hydrazone groups is 1. The molecule has 2 atom stereocenters. The molecule has 1 aromatic rings. The van der Waals surface area contributed by atoms with Gasteiger partial charge in [0, 0.05) is 5.56 Å². The first kappa shape index (κ1) is 17.8. The van der Waals surface area contributed by atoms with Gasteiger partial charge in [-0.2, -0.15) is 5.10 Å². The van der Waals surface area contributed by atoms with E-state index < -0.39 is 0 Å². The summed E-state index contributed by atoms with van der Waals surface area (Å²) < 4.78 is 21.3. The topological polar surface area (TPSA) is 78.4 Å². The van der Waals surface area contributed by atoms with E-state index in [1.165, 1.54) is 21.3 Å². The van der Waals surface area contributed by atoms with Crippen LogP contribution in [-0.2, 0) is 4.74 Å². The van der Waals surface area contributed by atoms with Crippen LogP contribution >= 0.6 is 0 Å². The van der Waals surface area contributed by atoms with E-state index in [4.69, 9.17) is 18.9 Å². The van der Waals surface area contributed by atoms with Crippen LogP contribution in [0.15, 0.2) is 40.7 Å². The lowest BCUT2D eigenvalue weighted by atomic mass is 9.84. The SMILES string of the molecule is COC1=C(C)C2NN=C(C(=O)c3cc(OC)c(OC)c(OC)c3)C2C=C1. The van der Waals surface area contributed by atoms with Crippen molar-refractivity contribution in [2.24, 2.45) is 11.0 Å². The maximum Gasteiger partial charge on any atom is 0.209 e. The Hall–Kier alpha value is -2.96. The van der Waals surface area contributed by atoms with Gasteiger partial charge in [-0.1, -0.05) is 6.08 Å². The molecule has 2 aliphatic rings. The summed E-state index contributed by atoms with van der Waals surface area (Å²) in [6, 6.07) is 3.18. The summed E-state index contributed by atoms with van der Waals surface area (Å²) in [5.41, 5.74) is 4.92. The van der Waals surface area contributed by atoms with Crippen molar-refractivity contribution in [1.29, 1.82) is 0 Å². The molecule has 2 unspecified atom stereocenters. The number of hydrogen-bond donors (Lipinski definition) is 1. The van der Waals surface area contributed by atoms with Crippen molar-refractivity contribution >= 4 is 11.5 Å². The highest BCUT2D eigenvalue weighted by Crippen LogP contribution is 2.39. The highest BCUT2D eigenvalue weighted by atomic mass is 16.5. The second-order valence-corrected chi connectivity index (χ2v) is 5.98. The monoisotopic (exact) mass is 358 g/mol. The molecule has 0 saturated carbocycles. The number of carbonyl (C=O) groups is 1. The number of nitrogens with one attached hydrogen (secondary N) is 1. The molecule has 0 fully saturated rings. The summed E-state index contributed by atoms with van der Waals surface area (Å²) in [6.45, 7) is 1.97. The van der Waals surface area contributed by atoms with Crippen LogP contribution in [0.4, 0.5) is 0 Å². The number of carbonyl (C=O) groups excluding carboxylic acids is 1. The normalized spacial score (nSPS) is 20.9. The maximum absolute atomic E-state index is 13.1. The van der Waals surface area contributed by atoms with Crippen LogP contribution in [0.3, 0.4) is 0 Å². The van der Waals surface area contributed by atoms with Crippen LogP contribution in [0.5, 0.6) is 17.2 Å². The minimum atomic E-state index is -0.192. The largest absolute Gasteiger partial charge is 0.497 e. The van der Waals surface area contributed by atoms with Crippen molar-refractivity contribution in [2.45, 2.75) is 13.0 Å². The average Bonchev–Trinajstić information content (AvgIpc) is 3.11. The van der Waals surface area contributed by atoms with Gasteiger partial charge in [0.25, 0.3) is 0 Å². The van der Waals surface area contributed by atoms with Crippen LogP contribution in [0.25, 0.3) is 0 Å². The first-order valence-corrected chi connectivity index (χ1v) is 8.16. The third kappa shape index (κ3) is 2.79. The number of ketones is 1. The number of methoxy groups -OCH3 is 4. The molecular formula is C19H22N2O5. The molecule has 1 aliphatic heterocycles. The van der Waals surface area contributed by atoms with Crippen LogP contribution in [0, 0.1) is 5.92 Å². The van der Waals surface area contributed by atoms with Crippen molar-refractivity contribution in [3.05, 3.63) is 41.2 Å². The van der Waals surface area contributed by atoms with Crippen LogP contribution in [-0.4, -0.2) is 46.0 Å².